The van der Waals surface area contributed by atoms with E-state index < -0.39 is 31.3 Å². The Balaban J connectivity index is 2.30. The maximum absolute atomic E-state index is 12.4. The van der Waals surface area contributed by atoms with E-state index in [-0.39, 0.29) is 6.42 Å². The Kier molecular flexibility index (Phi) is 5.21. The third kappa shape index (κ3) is 4.69. The van der Waals surface area contributed by atoms with Crippen LogP contribution in [-0.4, -0.2) is 36.3 Å². The monoisotopic (exact) mass is 285 g/mol. The van der Waals surface area contributed by atoms with Crippen molar-refractivity contribution in [2.24, 2.45) is 0 Å². The van der Waals surface area contributed by atoms with Crippen molar-refractivity contribution in [1.29, 1.82) is 0 Å². The Labute approximate surface area is 105 Å². The number of hydrogen-bond donors (Lipinski definition) is 0. The van der Waals surface area contributed by atoms with Crippen LogP contribution in [0.15, 0.2) is 5.38 Å². The lowest BCUT2D eigenvalue weighted by Gasteiger charge is -2.14. The van der Waals surface area contributed by atoms with Crippen molar-refractivity contribution in [3.8, 4) is 0 Å². The van der Waals surface area contributed by atoms with Crippen LogP contribution in [-0.2, 0) is 16.0 Å². The minimum absolute atomic E-state index is 0.0429. The van der Waals surface area contributed by atoms with Gasteiger partial charge in [0.15, 0.2) is 5.78 Å². The second kappa shape index (κ2) is 6.24. The molecule has 0 N–H and O–H groups in total. The normalized spacial score (nSPS) is 12.1. The molecule has 0 spiro atoms. The minimum Gasteiger partial charge on any atom is -0.367 e. The predicted molar refractivity (Wildman–Crippen MR) is 57.3 cm³/mol. The number of ether oxygens (including phenoxy) is 1. The Hall–Kier alpha value is -1.02. The van der Waals surface area contributed by atoms with E-state index in [0.717, 1.165) is 5.69 Å². The van der Waals surface area contributed by atoms with Crippen LogP contribution in [0.1, 0.15) is 10.7 Å². The van der Waals surface area contributed by atoms with Gasteiger partial charge in [0.1, 0.15) is 18.2 Å². The number of aryl methyl sites for hydroxylation is 1. The number of thiazole rings is 1. The van der Waals surface area contributed by atoms with Gasteiger partial charge in [-0.15, -0.1) is 11.3 Å². The molecule has 0 amide bonds. The fourth-order valence-electron chi connectivity index (χ4n) is 1.07. The first-order chi connectivity index (χ1) is 8.31. The van der Waals surface area contributed by atoms with E-state index in [1.165, 1.54) is 11.3 Å². The summed E-state index contributed by atoms with van der Waals surface area (Å²) in [5.41, 5.74) is 0.757. The van der Waals surface area contributed by atoms with Crippen LogP contribution in [0.2, 0.25) is 0 Å². The standard InChI is InChI=1S/C10H11F4NO2S/c1-6-4-18-8(15-6)2-7(16)3-17-5-10(13,14)9(11)12/h4,9H,2-3,5H2,1H3. The van der Waals surface area contributed by atoms with Crippen LogP contribution < -0.4 is 0 Å². The summed E-state index contributed by atoms with van der Waals surface area (Å²) < 4.78 is 52.7. The van der Waals surface area contributed by atoms with Crippen LogP contribution in [0.4, 0.5) is 17.6 Å². The van der Waals surface area contributed by atoms with Crippen molar-refractivity contribution >= 4 is 17.1 Å². The molecule has 18 heavy (non-hydrogen) atoms. The Bertz CT molecular complexity index is 408. The topological polar surface area (TPSA) is 39.2 Å². The lowest BCUT2D eigenvalue weighted by Crippen LogP contribution is -2.33. The zero-order valence-corrected chi connectivity index (χ0v) is 10.3. The maximum Gasteiger partial charge on any atom is 0.330 e. The van der Waals surface area contributed by atoms with E-state index in [1.807, 2.05) is 0 Å². The van der Waals surface area contributed by atoms with E-state index in [4.69, 9.17) is 0 Å². The number of halogens is 4. The highest BCUT2D eigenvalue weighted by Gasteiger charge is 2.41. The van der Waals surface area contributed by atoms with Crippen molar-refractivity contribution in [3.63, 3.8) is 0 Å². The van der Waals surface area contributed by atoms with Gasteiger partial charge in [-0.25, -0.2) is 13.8 Å². The number of carbonyl (C=O) groups excluding carboxylic acids is 1. The molecule has 0 aromatic carbocycles. The molecular weight excluding hydrogens is 274 g/mol. The van der Waals surface area contributed by atoms with E-state index in [2.05, 4.69) is 9.72 Å². The Morgan fingerprint density at radius 1 is 1.56 bits per heavy atom. The van der Waals surface area contributed by atoms with Crippen molar-refractivity contribution in [2.45, 2.75) is 25.7 Å². The summed E-state index contributed by atoms with van der Waals surface area (Å²) in [7, 11) is 0. The molecule has 102 valence electrons. The molecule has 8 heteroatoms. The van der Waals surface area contributed by atoms with Crippen molar-refractivity contribution in [1.82, 2.24) is 4.98 Å². The van der Waals surface area contributed by atoms with Crippen molar-refractivity contribution in [2.75, 3.05) is 13.2 Å². The second-order valence-electron chi connectivity index (χ2n) is 3.65. The van der Waals surface area contributed by atoms with E-state index in [0.29, 0.717) is 5.01 Å². The SMILES string of the molecule is Cc1csc(CC(=O)COCC(F)(F)C(F)F)n1. The van der Waals surface area contributed by atoms with Gasteiger partial charge in [0.05, 0.1) is 6.42 Å². The summed E-state index contributed by atoms with van der Waals surface area (Å²) in [6.07, 6.45) is -3.84. The minimum atomic E-state index is -4.22. The third-order valence-electron chi connectivity index (χ3n) is 1.89. The van der Waals surface area contributed by atoms with Crippen LogP contribution in [0.25, 0.3) is 0 Å². The maximum atomic E-state index is 12.4. The molecule has 0 saturated heterocycles. The molecule has 0 aliphatic rings. The van der Waals surface area contributed by atoms with Gasteiger partial charge in [0, 0.05) is 11.1 Å². The third-order valence-corrected chi connectivity index (χ3v) is 2.86. The van der Waals surface area contributed by atoms with Crippen molar-refractivity contribution < 1.29 is 27.1 Å². The number of aromatic nitrogens is 1. The Morgan fingerprint density at radius 2 is 2.22 bits per heavy atom. The molecule has 0 unspecified atom stereocenters. The highest BCUT2D eigenvalue weighted by molar-refractivity contribution is 7.09. The molecule has 0 saturated carbocycles. The molecule has 1 aromatic heterocycles. The van der Waals surface area contributed by atoms with Gasteiger partial charge in [0.25, 0.3) is 0 Å². The molecule has 1 aromatic rings. The van der Waals surface area contributed by atoms with Gasteiger partial charge in [-0.1, -0.05) is 0 Å². The van der Waals surface area contributed by atoms with Gasteiger partial charge in [0.2, 0.25) is 0 Å². The smallest absolute Gasteiger partial charge is 0.330 e. The summed E-state index contributed by atoms with van der Waals surface area (Å²) in [4.78, 5) is 15.3. The molecule has 0 aliphatic heterocycles. The van der Waals surface area contributed by atoms with Crippen molar-refractivity contribution in [3.05, 3.63) is 16.1 Å². The highest BCUT2D eigenvalue weighted by Crippen LogP contribution is 2.22. The predicted octanol–water partition coefficient (Wildman–Crippen LogP) is 2.48. The number of Topliss-reactive ketones (excluding diaryl/α,β-unsaturated/α-hetero) is 1. The summed E-state index contributed by atoms with van der Waals surface area (Å²) in [5.74, 6) is -4.70. The van der Waals surface area contributed by atoms with E-state index in [9.17, 15) is 22.4 Å². The first-order valence-corrected chi connectivity index (χ1v) is 5.85. The number of alkyl halides is 4. The van der Waals surface area contributed by atoms with E-state index in [1.54, 1.807) is 12.3 Å². The zero-order valence-electron chi connectivity index (χ0n) is 9.46. The van der Waals surface area contributed by atoms with Gasteiger partial charge in [-0.2, -0.15) is 8.78 Å². The number of ketones is 1. The number of carbonyl (C=O) groups is 1. The molecule has 0 atom stereocenters. The molecule has 0 radical (unpaired) electrons. The number of hydrogen-bond acceptors (Lipinski definition) is 4. The van der Waals surface area contributed by atoms with Gasteiger partial charge >= 0.3 is 12.3 Å². The summed E-state index contributed by atoms with van der Waals surface area (Å²) in [6, 6.07) is 0. The average molecular weight is 285 g/mol. The van der Waals surface area contributed by atoms with Crippen LogP contribution in [0, 0.1) is 6.92 Å². The fourth-order valence-corrected chi connectivity index (χ4v) is 1.87. The average Bonchev–Trinajstić information content (AvgIpc) is 2.63. The molecular formula is C10H11F4NO2S. The van der Waals surface area contributed by atoms with Gasteiger partial charge in [-0.3, -0.25) is 4.79 Å². The summed E-state index contributed by atoms with van der Waals surface area (Å²) in [6.45, 7) is -0.335. The summed E-state index contributed by atoms with van der Waals surface area (Å²) >= 11 is 1.27. The highest BCUT2D eigenvalue weighted by atomic mass is 32.1. The first-order valence-electron chi connectivity index (χ1n) is 4.97. The zero-order chi connectivity index (χ0) is 13.8. The lowest BCUT2D eigenvalue weighted by molar-refractivity contribution is -0.168. The van der Waals surface area contributed by atoms with E-state index >= 15 is 0 Å². The Morgan fingerprint density at radius 3 is 2.72 bits per heavy atom. The molecule has 1 heterocycles. The number of nitrogens with zero attached hydrogens (tertiary/aromatic N) is 1. The molecule has 0 fully saturated rings. The largest absolute Gasteiger partial charge is 0.367 e. The summed E-state index contributed by atoms with van der Waals surface area (Å²) in [5, 5.41) is 2.29. The first kappa shape index (κ1) is 15.0. The quantitative estimate of drug-likeness (QED) is 0.722. The van der Waals surface area contributed by atoms with Gasteiger partial charge in [-0.05, 0) is 6.92 Å². The molecule has 3 nitrogen and oxygen atoms in total. The fraction of sp³-hybridized carbons (Fsp3) is 0.600. The molecule has 1 rings (SSSR count). The second-order valence-corrected chi connectivity index (χ2v) is 4.60. The van der Waals surface area contributed by atoms with Crippen LogP contribution in [0.5, 0.6) is 0 Å². The van der Waals surface area contributed by atoms with Crippen LogP contribution in [0.3, 0.4) is 0 Å². The molecule has 0 aliphatic carbocycles. The molecule has 0 bridgehead atoms. The van der Waals surface area contributed by atoms with Crippen LogP contribution >= 0.6 is 11.3 Å². The lowest BCUT2D eigenvalue weighted by atomic mass is 10.3. The number of rotatable bonds is 7. The van der Waals surface area contributed by atoms with Gasteiger partial charge < -0.3 is 4.74 Å².